The van der Waals surface area contributed by atoms with Crippen LogP contribution in [0, 0.1) is 5.92 Å². The lowest BCUT2D eigenvalue weighted by molar-refractivity contribution is -0.135. The van der Waals surface area contributed by atoms with E-state index >= 15 is 0 Å². The number of amides is 2. The van der Waals surface area contributed by atoms with Crippen molar-refractivity contribution in [2.24, 2.45) is 5.92 Å². The Kier molecular flexibility index (Phi) is 10.2. The Labute approximate surface area is 157 Å². The highest BCUT2D eigenvalue weighted by Gasteiger charge is 2.26. The molecule has 1 fully saturated rings. The number of carbonyl (C=O) groups is 2. The molecule has 2 rings (SSSR count). The van der Waals surface area contributed by atoms with E-state index in [0.717, 1.165) is 32.4 Å². The molecule has 1 aliphatic rings. The molecule has 1 saturated heterocycles. The van der Waals surface area contributed by atoms with Gasteiger partial charge in [0.05, 0.1) is 0 Å². The minimum absolute atomic E-state index is 0. The van der Waals surface area contributed by atoms with Crippen LogP contribution in [0.1, 0.15) is 31.7 Å². The number of likely N-dealkylation sites (tertiary alicyclic amines) is 1. The smallest absolute Gasteiger partial charge is 0.223 e. The van der Waals surface area contributed by atoms with Crippen LogP contribution in [-0.4, -0.2) is 49.4 Å². The molecular formula is C19H30ClN3O2. The van der Waals surface area contributed by atoms with Crippen molar-refractivity contribution >= 4 is 24.2 Å². The number of benzene rings is 1. The number of piperidine rings is 1. The predicted molar refractivity (Wildman–Crippen MR) is 103 cm³/mol. The second kappa shape index (κ2) is 11.9. The van der Waals surface area contributed by atoms with Gasteiger partial charge in [-0.1, -0.05) is 37.3 Å². The topological polar surface area (TPSA) is 61.4 Å². The van der Waals surface area contributed by atoms with Crippen LogP contribution in [0.25, 0.3) is 0 Å². The number of aryl methyl sites for hydroxylation is 1. The van der Waals surface area contributed by atoms with Crippen molar-refractivity contribution in [3.63, 3.8) is 0 Å². The van der Waals surface area contributed by atoms with Crippen LogP contribution in [0.5, 0.6) is 0 Å². The van der Waals surface area contributed by atoms with Crippen molar-refractivity contribution in [3.05, 3.63) is 35.9 Å². The molecule has 25 heavy (non-hydrogen) atoms. The number of rotatable bonds is 8. The highest BCUT2D eigenvalue weighted by Crippen LogP contribution is 2.18. The maximum absolute atomic E-state index is 12.3. The molecule has 1 heterocycles. The van der Waals surface area contributed by atoms with Gasteiger partial charge in [0.1, 0.15) is 0 Å². The molecule has 1 aliphatic heterocycles. The predicted octanol–water partition coefficient (Wildman–Crippen LogP) is 2.01. The molecule has 0 saturated carbocycles. The molecule has 0 radical (unpaired) electrons. The molecule has 1 aromatic rings. The van der Waals surface area contributed by atoms with Gasteiger partial charge < -0.3 is 15.5 Å². The Hall–Kier alpha value is -1.59. The van der Waals surface area contributed by atoms with Crippen LogP contribution < -0.4 is 10.6 Å². The summed E-state index contributed by atoms with van der Waals surface area (Å²) in [6.45, 7) is 5.82. The largest absolute Gasteiger partial charge is 0.355 e. The summed E-state index contributed by atoms with van der Waals surface area (Å²) in [6.07, 6.45) is 2.86. The van der Waals surface area contributed by atoms with E-state index in [1.165, 1.54) is 5.56 Å². The van der Waals surface area contributed by atoms with E-state index in [0.29, 0.717) is 26.1 Å². The third-order valence-electron chi connectivity index (χ3n) is 4.54. The van der Waals surface area contributed by atoms with Gasteiger partial charge in [-0.05, 0) is 31.4 Å². The lowest BCUT2D eigenvalue weighted by Crippen LogP contribution is -2.44. The fraction of sp³-hybridized carbons (Fsp3) is 0.579. The minimum Gasteiger partial charge on any atom is -0.355 e. The van der Waals surface area contributed by atoms with Gasteiger partial charge in [0.2, 0.25) is 11.8 Å². The van der Waals surface area contributed by atoms with E-state index in [4.69, 9.17) is 0 Å². The van der Waals surface area contributed by atoms with E-state index in [1.54, 1.807) is 0 Å². The number of nitrogens with one attached hydrogen (secondary N) is 2. The summed E-state index contributed by atoms with van der Waals surface area (Å²) in [7, 11) is 0. The molecule has 6 heteroatoms. The summed E-state index contributed by atoms with van der Waals surface area (Å²) < 4.78 is 0. The van der Waals surface area contributed by atoms with Gasteiger partial charge >= 0.3 is 0 Å². The molecule has 0 aromatic heterocycles. The Morgan fingerprint density at radius 3 is 2.44 bits per heavy atom. The lowest BCUT2D eigenvalue weighted by Gasteiger charge is -2.31. The lowest BCUT2D eigenvalue weighted by atomic mass is 9.95. The fourth-order valence-corrected chi connectivity index (χ4v) is 3.04. The van der Waals surface area contributed by atoms with Crippen molar-refractivity contribution in [2.75, 3.05) is 32.7 Å². The van der Waals surface area contributed by atoms with Gasteiger partial charge in [-0.15, -0.1) is 12.4 Å². The summed E-state index contributed by atoms with van der Waals surface area (Å²) in [6, 6.07) is 10.1. The number of carbonyl (C=O) groups excluding carboxylic acids is 2. The van der Waals surface area contributed by atoms with Crippen molar-refractivity contribution < 1.29 is 9.59 Å². The highest BCUT2D eigenvalue weighted by atomic mass is 35.5. The molecule has 0 bridgehead atoms. The van der Waals surface area contributed by atoms with Crippen molar-refractivity contribution in [1.82, 2.24) is 15.5 Å². The van der Waals surface area contributed by atoms with E-state index in [9.17, 15) is 9.59 Å². The molecule has 0 unspecified atom stereocenters. The summed E-state index contributed by atoms with van der Waals surface area (Å²) in [5.41, 5.74) is 1.20. The molecule has 0 spiro atoms. The van der Waals surface area contributed by atoms with E-state index in [2.05, 4.69) is 22.8 Å². The zero-order valence-electron chi connectivity index (χ0n) is 15.0. The van der Waals surface area contributed by atoms with Crippen molar-refractivity contribution in [3.8, 4) is 0 Å². The molecule has 0 atom stereocenters. The average molecular weight is 368 g/mol. The molecule has 2 amide bonds. The van der Waals surface area contributed by atoms with Gasteiger partial charge in [0.15, 0.2) is 0 Å². The maximum atomic E-state index is 12.3. The summed E-state index contributed by atoms with van der Waals surface area (Å²) in [5.74, 6) is 0.374. The number of halogens is 1. The first-order valence-electron chi connectivity index (χ1n) is 9.01. The quantitative estimate of drug-likeness (QED) is 0.691. The van der Waals surface area contributed by atoms with E-state index in [1.807, 2.05) is 30.0 Å². The highest BCUT2D eigenvalue weighted by molar-refractivity contribution is 5.85. The Balaban J connectivity index is 0.00000312. The van der Waals surface area contributed by atoms with Gasteiger partial charge in [0.25, 0.3) is 0 Å². The van der Waals surface area contributed by atoms with Gasteiger partial charge in [-0.2, -0.15) is 0 Å². The van der Waals surface area contributed by atoms with Crippen molar-refractivity contribution in [1.29, 1.82) is 0 Å². The normalized spacial score (nSPS) is 14.7. The zero-order chi connectivity index (χ0) is 17.2. The SMILES string of the molecule is CCNCCNC(=O)C1CCN(C(=O)CCc2ccccc2)CC1.Cl. The fourth-order valence-electron chi connectivity index (χ4n) is 3.04. The van der Waals surface area contributed by atoms with E-state index < -0.39 is 0 Å². The molecule has 0 aliphatic carbocycles. The zero-order valence-corrected chi connectivity index (χ0v) is 15.8. The van der Waals surface area contributed by atoms with Crippen LogP contribution in [0.4, 0.5) is 0 Å². The number of nitrogens with zero attached hydrogens (tertiary/aromatic N) is 1. The third-order valence-corrected chi connectivity index (χ3v) is 4.54. The van der Waals surface area contributed by atoms with Gasteiger partial charge in [-0.25, -0.2) is 0 Å². The average Bonchev–Trinajstić information content (AvgIpc) is 2.64. The number of hydrogen-bond donors (Lipinski definition) is 2. The van der Waals surface area contributed by atoms with Crippen LogP contribution in [0.2, 0.25) is 0 Å². The first-order valence-corrected chi connectivity index (χ1v) is 9.01. The van der Waals surface area contributed by atoms with E-state index in [-0.39, 0.29) is 30.1 Å². The second-order valence-electron chi connectivity index (χ2n) is 6.29. The third kappa shape index (κ3) is 7.45. The molecular weight excluding hydrogens is 338 g/mol. The minimum atomic E-state index is 0. The molecule has 140 valence electrons. The van der Waals surface area contributed by atoms with Gasteiger partial charge in [-0.3, -0.25) is 9.59 Å². The summed E-state index contributed by atoms with van der Waals surface area (Å²) in [4.78, 5) is 26.3. The van der Waals surface area contributed by atoms with Gasteiger partial charge in [0, 0.05) is 38.5 Å². The number of hydrogen-bond acceptors (Lipinski definition) is 3. The molecule has 2 N–H and O–H groups in total. The second-order valence-corrected chi connectivity index (χ2v) is 6.29. The standard InChI is InChI=1S/C19H29N3O2.ClH/c1-2-20-12-13-21-19(24)17-10-14-22(15-11-17)18(23)9-8-16-6-4-3-5-7-16;/h3-7,17,20H,2,8-15H2,1H3,(H,21,24);1H. The monoisotopic (exact) mass is 367 g/mol. The summed E-state index contributed by atoms with van der Waals surface area (Å²) in [5, 5.41) is 6.16. The van der Waals surface area contributed by atoms with Crippen LogP contribution in [0.3, 0.4) is 0 Å². The Morgan fingerprint density at radius 2 is 1.80 bits per heavy atom. The Bertz CT molecular complexity index is 517. The van der Waals surface area contributed by atoms with Crippen LogP contribution in [-0.2, 0) is 16.0 Å². The number of likely N-dealkylation sites (N-methyl/N-ethyl adjacent to an activating group) is 1. The Morgan fingerprint density at radius 1 is 1.12 bits per heavy atom. The van der Waals surface area contributed by atoms with Crippen molar-refractivity contribution in [2.45, 2.75) is 32.6 Å². The first kappa shape index (κ1) is 21.5. The van der Waals surface area contributed by atoms with Crippen LogP contribution >= 0.6 is 12.4 Å². The van der Waals surface area contributed by atoms with Crippen LogP contribution in [0.15, 0.2) is 30.3 Å². The molecule has 1 aromatic carbocycles. The summed E-state index contributed by atoms with van der Waals surface area (Å²) >= 11 is 0. The first-order chi connectivity index (χ1) is 11.7. The molecule has 5 nitrogen and oxygen atoms in total. The maximum Gasteiger partial charge on any atom is 0.223 e.